The van der Waals surface area contributed by atoms with E-state index in [1.165, 1.54) is 16.0 Å². The quantitative estimate of drug-likeness (QED) is 0.351. The van der Waals surface area contributed by atoms with Crippen molar-refractivity contribution < 1.29 is 19.4 Å². The van der Waals surface area contributed by atoms with E-state index in [-0.39, 0.29) is 24.5 Å². The average molecular weight is 520 g/mol. The van der Waals surface area contributed by atoms with Gasteiger partial charge in [0.1, 0.15) is 17.9 Å². The van der Waals surface area contributed by atoms with Gasteiger partial charge in [-0.2, -0.15) is 0 Å². The predicted molar refractivity (Wildman–Crippen MR) is 146 cm³/mol. The number of carbonyl (C=O) groups is 2. The van der Waals surface area contributed by atoms with Crippen LogP contribution in [0.15, 0.2) is 66.7 Å². The van der Waals surface area contributed by atoms with Crippen LogP contribution in [0, 0.1) is 0 Å². The molecule has 0 bridgehead atoms. The van der Waals surface area contributed by atoms with Crippen molar-refractivity contribution in [1.29, 1.82) is 0 Å². The van der Waals surface area contributed by atoms with Crippen molar-refractivity contribution in [2.24, 2.45) is 0 Å². The fraction of sp³-hybridized carbons (Fsp3) is 0.355. The van der Waals surface area contributed by atoms with Crippen LogP contribution in [0.2, 0.25) is 5.02 Å². The van der Waals surface area contributed by atoms with E-state index in [0.29, 0.717) is 23.9 Å². The lowest BCUT2D eigenvalue weighted by molar-refractivity contribution is -0.144. The minimum absolute atomic E-state index is 0.147. The van der Waals surface area contributed by atoms with Crippen LogP contribution in [-0.2, 0) is 35.3 Å². The number of carboxylic acids is 1. The lowest BCUT2D eigenvalue weighted by atomic mass is 9.90. The standard InChI is InChI=1S/C31H34ClNO4/c1-21(2)25-9-4-23(5-10-25)18-31(3)19-26-16-24(8-13-28(26)37-31)17-29(34)33(20-30(35)36)15-14-22-6-11-27(32)12-7-22/h4-13,16,21H,14-15,17-20H2,1-3H3,(H,35,36). The molecular weight excluding hydrogens is 486 g/mol. The molecule has 0 aliphatic carbocycles. The molecule has 1 N–H and O–H groups in total. The Balaban J connectivity index is 1.40. The molecule has 0 radical (unpaired) electrons. The minimum atomic E-state index is -1.02. The first-order valence-corrected chi connectivity index (χ1v) is 13.1. The van der Waals surface area contributed by atoms with Gasteiger partial charge in [-0.3, -0.25) is 9.59 Å². The van der Waals surface area contributed by atoms with E-state index in [2.05, 4.69) is 45.0 Å². The highest BCUT2D eigenvalue weighted by Crippen LogP contribution is 2.37. The average Bonchev–Trinajstić information content (AvgIpc) is 3.17. The molecule has 1 atom stereocenters. The topological polar surface area (TPSA) is 66.8 Å². The molecule has 0 saturated heterocycles. The van der Waals surface area contributed by atoms with Crippen LogP contribution in [0.1, 0.15) is 54.5 Å². The monoisotopic (exact) mass is 519 g/mol. The Bertz CT molecular complexity index is 1250. The van der Waals surface area contributed by atoms with Crippen molar-refractivity contribution >= 4 is 23.5 Å². The molecular formula is C31H34ClNO4. The van der Waals surface area contributed by atoms with E-state index in [1.54, 1.807) is 12.1 Å². The second-order valence-electron chi connectivity index (χ2n) is 10.5. The van der Waals surface area contributed by atoms with Gasteiger partial charge >= 0.3 is 5.97 Å². The summed E-state index contributed by atoms with van der Waals surface area (Å²) >= 11 is 5.95. The van der Waals surface area contributed by atoms with Crippen molar-refractivity contribution in [2.45, 2.75) is 58.0 Å². The van der Waals surface area contributed by atoms with Crippen molar-refractivity contribution in [3.63, 3.8) is 0 Å². The SMILES string of the molecule is CC(C)c1ccc(CC2(C)Cc3cc(CC(=O)N(CCc4ccc(Cl)cc4)CC(=O)O)ccc3O2)cc1. The summed E-state index contributed by atoms with van der Waals surface area (Å²) in [5.74, 6) is 0.122. The number of nitrogens with zero attached hydrogens (tertiary/aromatic N) is 1. The highest BCUT2D eigenvalue weighted by Gasteiger charge is 2.35. The number of fused-ring (bicyclic) bond motifs is 1. The van der Waals surface area contributed by atoms with E-state index in [9.17, 15) is 14.7 Å². The fourth-order valence-corrected chi connectivity index (χ4v) is 5.02. The Morgan fingerprint density at radius 1 is 1.00 bits per heavy atom. The number of hydrogen-bond donors (Lipinski definition) is 1. The predicted octanol–water partition coefficient (Wildman–Crippen LogP) is 6.10. The third-order valence-electron chi connectivity index (χ3n) is 6.89. The van der Waals surface area contributed by atoms with E-state index in [4.69, 9.17) is 16.3 Å². The molecule has 1 unspecified atom stereocenters. The number of carbonyl (C=O) groups excluding carboxylic acids is 1. The molecule has 0 spiro atoms. The van der Waals surface area contributed by atoms with Gasteiger partial charge in [-0.1, -0.05) is 74.0 Å². The van der Waals surface area contributed by atoms with E-state index >= 15 is 0 Å². The molecule has 1 heterocycles. The number of halogens is 1. The van der Waals surface area contributed by atoms with Crippen molar-refractivity contribution in [2.75, 3.05) is 13.1 Å². The fourth-order valence-electron chi connectivity index (χ4n) is 4.89. The number of hydrogen-bond acceptors (Lipinski definition) is 3. The Morgan fingerprint density at radius 2 is 1.65 bits per heavy atom. The molecule has 1 amide bonds. The van der Waals surface area contributed by atoms with Gasteiger partial charge in [0, 0.05) is 24.4 Å². The molecule has 6 heteroatoms. The summed E-state index contributed by atoms with van der Waals surface area (Å²) in [5, 5.41) is 9.99. The van der Waals surface area contributed by atoms with Crippen LogP contribution in [0.25, 0.3) is 0 Å². The van der Waals surface area contributed by atoms with Gasteiger partial charge in [-0.05, 0) is 65.3 Å². The van der Waals surface area contributed by atoms with Crippen LogP contribution < -0.4 is 4.74 Å². The maximum Gasteiger partial charge on any atom is 0.323 e. The molecule has 5 nitrogen and oxygen atoms in total. The molecule has 194 valence electrons. The number of ether oxygens (including phenoxy) is 1. The molecule has 0 fully saturated rings. The minimum Gasteiger partial charge on any atom is -0.487 e. The van der Waals surface area contributed by atoms with Gasteiger partial charge in [0.2, 0.25) is 5.91 Å². The van der Waals surface area contributed by atoms with Crippen LogP contribution in [-0.4, -0.2) is 40.6 Å². The highest BCUT2D eigenvalue weighted by atomic mass is 35.5. The van der Waals surface area contributed by atoms with Crippen molar-refractivity contribution in [3.05, 3.63) is 99.6 Å². The first kappa shape index (κ1) is 26.7. The maximum atomic E-state index is 13.1. The van der Waals surface area contributed by atoms with Gasteiger partial charge in [0.25, 0.3) is 0 Å². The van der Waals surface area contributed by atoms with Crippen LogP contribution >= 0.6 is 11.6 Å². The number of rotatable bonds is 10. The van der Waals surface area contributed by atoms with Crippen LogP contribution in [0.5, 0.6) is 5.75 Å². The lowest BCUT2D eigenvalue weighted by Crippen LogP contribution is -2.38. The summed E-state index contributed by atoms with van der Waals surface area (Å²) in [6, 6.07) is 22.0. The summed E-state index contributed by atoms with van der Waals surface area (Å²) in [5.41, 5.74) is 5.15. The van der Waals surface area contributed by atoms with Gasteiger partial charge in [0.15, 0.2) is 0 Å². The molecule has 0 saturated carbocycles. The Hall–Kier alpha value is -3.31. The zero-order valence-electron chi connectivity index (χ0n) is 21.7. The van der Waals surface area contributed by atoms with Gasteiger partial charge in [0.05, 0.1) is 6.42 Å². The molecule has 4 rings (SSSR count). The molecule has 1 aliphatic heterocycles. The number of benzene rings is 3. The first-order valence-electron chi connectivity index (χ1n) is 12.7. The van der Waals surface area contributed by atoms with Crippen LogP contribution in [0.4, 0.5) is 0 Å². The van der Waals surface area contributed by atoms with Crippen LogP contribution in [0.3, 0.4) is 0 Å². The smallest absolute Gasteiger partial charge is 0.323 e. The zero-order chi connectivity index (χ0) is 26.6. The molecule has 3 aromatic carbocycles. The number of amides is 1. The molecule has 37 heavy (non-hydrogen) atoms. The first-order chi connectivity index (χ1) is 17.6. The van der Waals surface area contributed by atoms with Gasteiger partial charge < -0.3 is 14.7 Å². The summed E-state index contributed by atoms with van der Waals surface area (Å²) in [4.78, 5) is 25.9. The largest absolute Gasteiger partial charge is 0.487 e. The van der Waals surface area contributed by atoms with E-state index < -0.39 is 5.97 Å². The van der Waals surface area contributed by atoms with E-state index in [1.807, 2.05) is 30.3 Å². The van der Waals surface area contributed by atoms with Gasteiger partial charge in [-0.25, -0.2) is 0 Å². The molecule has 1 aliphatic rings. The summed E-state index contributed by atoms with van der Waals surface area (Å²) in [7, 11) is 0. The lowest BCUT2D eigenvalue weighted by Gasteiger charge is -2.24. The third-order valence-corrected chi connectivity index (χ3v) is 7.14. The second kappa shape index (κ2) is 11.4. The Kier molecular flexibility index (Phi) is 8.23. The third kappa shape index (κ3) is 7.14. The van der Waals surface area contributed by atoms with Crippen molar-refractivity contribution in [1.82, 2.24) is 4.90 Å². The van der Waals surface area contributed by atoms with Gasteiger partial charge in [-0.15, -0.1) is 0 Å². The normalized spacial score (nSPS) is 16.4. The van der Waals surface area contributed by atoms with E-state index in [0.717, 1.165) is 35.3 Å². The van der Waals surface area contributed by atoms with Crippen molar-refractivity contribution in [3.8, 4) is 5.75 Å². The summed E-state index contributed by atoms with van der Waals surface area (Å²) in [6.45, 7) is 6.51. The maximum absolute atomic E-state index is 13.1. The highest BCUT2D eigenvalue weighted by molar-refractivity contribution is 6.30. The Labute approximate surface area is 224 Å². The number of carboxylic acid groups (broad SMARTS) is 1. The Morgan fingerprint density at radius 3 is 2.30 bits per heavy atom. The molecule has 0 aromatic heterocycles. The number of aliphatic carboxylic acids is 1. The molecule has 3 aromatic rings. The summed E-state index contributed by atoms with van der Waals surface area (Å²) < 4.78 is 6.35. The zero-order valence-corrected chi connectivity index (χ0v) is 22.4. The second-order valence-corrected chi connectivity index (χ2v) is 10.9. The summed E-state index contributed by atoms with van der Waals surface area (Å²) in [6.07, 6.45) is 2.26.